The van der Waals surface area contributed by atoms with Crippen molar-refractivity contribution in [2.24, 2.45) is 5.92 Å². The molecule has 2 rings (SSSR count). The number of hydrogen-bond acceptors (Lipinski definition) is 5. The highest BCUT2D eigenvalue weighted by molar-refractivity contribution is 7.89. The Balaban J connectivity index is 2.45. The van der Waals surface area contributed by atoms with E-state index in [4.69, 9.17) is 0 Å². The molecule has 1 aromatic rings. The summed E-state index contributed by atoms with van der Waals surface area (Å²) in [6.07, 6.45) is 1.55. The molecule has 0 aliphatic carbocycles. The van der Waals surface area contributed by atoms with Crippen LogP contribution in [0.5, 0.6) is 0 Å². The molecule has 21 heavy (non-hydrogen) atoms. The highest BCUT2D eigenvalue weighted by atomic mass is 32.2. The van der Waals surface area contributed by atoms with Gasteiger partial charge in [-0.2, -0.15) is 4.31 Å². The third kappa shape index (κ3) is 3.16. The van der Waals surface area contributed by atoms with Crippen LogP contribution < -0.4 is 5.32 Å². The average Bonchev–Trinajstić information content (AvgIpc) is 2.47. The molecule has 0 amide bonds. The van der Waals surface area contributed by atoms with E-state index in [1.807, 2.05) is 0 Å². The van der Waals surface area contributed by atoms with Crippen LogP contribution in [-0.4, -0.2) is 37.8 Å². The minimum atomic E-state index is -3.84. The Hall–Kier alpha value is -1.67. The number of piperidine rings is 1. The lowest BCUT2D eigenvalue weighted by Gasteiger charge is -2.29. The predicted molar refractivity (Wildman–Crippen MR) is 79.8 cm³/mol. The average molecular weight is 313 g/mol. The van der Waals surface area contributed by atoms with E-state index in [0.29, 0.717) is 24.7 Å². The van der Waals surface area contributed by atoms with Gasteiger partial charge in [0.2, 0.25) is 10.0 Å². The highest BCUT2D eigenvalue weighted by Crippen LogP contribution is 2.31. The summed E-state index contributed by atoms with van der Waals surface area (Å²) in [6.45, 7) is 2.89. The molecule has 8 heteroatoms. The van der Waals surface area contributed by atoms with Crippen LogP contribution in [0.2, 0.25) is 0 Å². The topological polar surface area (TPSA) is 92.5 Å². The second-order valence-electron chi connectivity index (χ2n) is 5.28. The summed E-state index contributed by atoms with van der Waals surface area (Å²) in [5.74, 6) is 0.482. The lowest BCUT2D eigenvalue weighted by Crippen LogP contribution is -2.38. The van der Waals surface area contributed by atoms with Crippen LogP contribution >= 0.6 is 0 Å². The summed E-state index contributed by atoms with van der Waals surface area (Å²) < 4.78 is 26.7. The molecule has 1 heterocycles. The first kappa shape index (κ1) is 15.7. The Labute approximate surface area is 124 Å². The van der Waals surface area contributed by atoms with Crippen LogP contribution in [-0.2, 0) is 10.0 Å². The number of nitrogens with one attached hydrogen (secondary N) is 1. The fourth-order valence-electron chi connectivity index (χ4n) is 2.39. The number of benzene rings is 1. The maximum absolute atomic E-state index is 12.7. The molecule has 1 N–H and O–H groups in total. The van der Waals surface area contributed by atoms with E-state index in [0.717, 1.165) is 12.8 Å². The lowest BCUT2D eigenvalue weighted by atomic mass is 10.0. The minimum absolute atomic E-state index is 0.242. The molecule has 0 aromatic heterocycles. The zero-order chi connectivity index (χ0) is 15.6. The van der Waals surface area contributed by atoms with Crippen LogP contribution in [0.4, 0.5) is 11.4 Å². The molecule has 0 radical (unpaired) electrons. The molecule has 1 saturated heterocycles. The van der Waals surface area contributed by atoms with Crippen molar-refractivity contribution in [2.75, 3.05) is 25.5 Å². The van der Waals surface area contributed by atoms with E-state index in [1.54, 1.807) is 7.05 Å². The van der Waals surface area contributed by atoms with Gasteiger partial charge < -0.3 is 5.32 Å². The molecule has 0 bridgehead atoms. The van der Waals surface area contributed by atoms with Crippen LogP contribution in [0.15, 0.2) is 23.1 Å². The standard InChI is InChI=1S/C13H19N3O4S/c1-10-5-7-15(8-6-10)21(19,20)13-9-11(14-2)3-4-12(13)16(17)18/h3-4,9-10,14H,5-8H2,1-2H3. The fraction of sp³-hybridized carbons (Fsp3) is 0.538. The van der Waals surface area contributed by atoms with Gasteiger partial charge in [-0.15, -0.1) is 0 Å². The van der Waals surface area contributed by atoms with Crippen LogP contribution in [0.3, 0.4) is 0 Å². The third-order valence-corrected chi connectivity index (χ3v) is 5.73. The Kier molecular flexibility index (Phi) is 4.48. The quantitative estimate of drug-likeness (QED) is 0.678. The van der Waals surface area contributed by atoms with Gasteiger partial charge in [-0.3, -0.25) is 10.1 Å². The zero-order valence-corrected chi connectivity index (χ0v) is 12.9. The maximum Gasteiger partial charge on any atom is 0.289 e. The van der Waals surface area contributed by atoms with Gasteiger partial charge in [0.1, 0.15) is 0 Å². The molecule has 1 aliphatic rings. The molecule has 1 aromatic carbocycles. The first-order chi connectivity index (χ1) is 9.86. The predicted octanol–water partition coefficient (Wildman–Crippen LogP) is 2.06. The highest BCUT2D eigenvalue weighted by Gasteiger charge is 2.33. The van der Waals surface area contributed by atoms with E-state index >= 15 is 0 Å². The van der Waals surface area contributed by atoms with Gasteiger partial charge in [-0.25, -0.2) is 8.42 Å². The van der Waals surface area contributed by atoms with E-state index in [9.17, 15) is 18.5 Å². The molecule has 0 spiro atoms. The van der Waals surface area contributed by atoms with Crippen molar-refractivity contribution in [1.29, 1.82) is 0 Å². The zero-order valence-electron chi connectivity index (χ0n) is 12.1. The largest absolute Gasteiger partial charge is 0.388 e. The van der Waals surface area contributed by atoms with E-state index in [2.05, 4.69) is 12.2 Å². The van der Waals surface area contributed by atoms with Crippen LogP contribution in [0.1, 0.15) is 19.8 Å². The SMILES string of the molecule is CNc1ccc([N+](=O)[O-])c(S(=O)(=O)N2CCC(C)CC2)c1. The number of nitrogens with zero attached hydrogens (tertiary/aromatic N) is 2. The van der Waals surface area contributed by atoms with Crippen molar-refractivity contribution in [3.05, 3.63) is 28.3 Å². The summed E-state index contributed by atoms with van der Waals surface area (Å²) >= 11 is 0. The van der Waals surface area contributed by atoms with Gasteiger partial charge in [-0.05, 0) is 30.9 Å². The van der Waals surface area contributed by atoms with Gasteiger partial charge in [0.25, 0.3) is 5.69 Å². The van der Waals surface area contributed by atoms with Gasteiger partial charge in [0.05, 0.1) is 4.92 Å². The molecule has 0 saturated carbocycles. The van der Waals surface area contributed by atoms with E-state index < -0.39 is 14.9 Å². The Morgan fingerprint density at radius 2 is 1.95 bits per heavy atom. The van der Waals surface area contributed by atoms with Crippen molar-refractivity contribution in [2.45, 2.75) is 24.7 Å². The van der Waals surface area contributed by atoms with Gasteiger partial charge >= 0.3 is 0 Å². The smallest absolute Gasteiger partial charge is 0.289 e. The molecule has 116 valence electrons. The van der Waals surface area contributed by atoms with Crippen LogP contribution in [0, 0.1) is 16.0 Å². The molecule has 1 fully saturated rings. The number of sulfonamides is 1. The number of nitro benzene ring substituents is 1. The third-order valence-electron chi connectivity index (χ3n) is 3.81. The summed E-state index contributed by atoms with van der Waals surface area (Å²) in [7, 11) is -2.20. The Bertz CT molecular complexity index is 637. The van der Waals surface area contributed by atoms with E-state index in [-0.39, 0.29) is 10.6 Å². The number of rotatable bonds is 4. The molecular weight excluding hydrogens is 294 g/mol. The van der Waals surface area contributed by atoms with Crippen LogP contribution in [0.25, 0.3) is 0 Å². The summed E-state index contributed by atoms with van der Waals surface area (Å²) in [5, 5.41) is 13.9. The summed E-state index contributed by atoms with van der Waals surface area (Å²) in [5.41, 5.74) is 0.150. The summed E-state index contributed by atoms with van der Waals surface area (Å²) in [4.78, 5) is 10.2. The molecule has 7 nitrogen and oxygen atoms in total. The molecule has 1 aliphatic heterocycles. The number of anilines is 1. The normalized spacial score (nSPS) is 17.6. The van der Waals surface area contributed by atoms with Crippen molar-refractivity contribution >= 4 is 21.4 Å². The van der Waals surface area contributed by atoms with Crippen molar-refractivity contribution in [3.8, 4) is 0 Å². The van der Waals surface area contributed by atoms with E-state index in [1.165, 1.54) is 22.5 Å². The monoisotopic (exact) mass is 313 g/mol. The van der Waals surface area contributed by atoms with Gasteiger partial charge in [0, 0.05) is 31.9 Å². The minimum Gasteiger partial charge on any atom is -0.388 e. The maximum atomic E-state index is 12.7. The number of nitro groups is 1. The molecular formula is C13H19N3O4S. The van der Waals surface area contributed by atoms with Gasteiger partial charge in [-0.1, -0.05) is 6.92 Å². The second-order valence-corrected chi connectivity index (χ2v) is 7.18. The fourth-order valence-corrected chi connectivity index (χ4v) is 4.04. The molecule has 0 unspecified atom stereocenters. The second kappa shape index (κ2) is 5.98. The van der Waals surface area contributed by atoms with Crippen molar-refractivity contribution in [3.63, 3.8) is 0 Å². The first-order valence-electron chi connectivity index (χ1n) is 6.82. The van der Waals surface area contributed by atoms with Gasteiger partial charge in [0.15, 0.2) is 4.90 Å². The first-order valence-corrected chi connectivity index (χ1v) is 8.26. The lowest BCUT2D eigenvalue weighted by molar-refractivity contribution is -0.387. The van der Waals surface area contributed by atoms with Crippen molar-refractivity contribution < 1.29 is 13.3 Å². The summed E-state index contributed by atoms with van der Waals surface area (Å²) in [6, 6.07) is 4.05. The number of hydrogen-bond donors (Lipinski definition) is 1. The van der Waals surface area contributed by atoms with Crippen molar-refractivity contribution in [1.82, 2.24) is 4.31 Å². The Morgan fingerprint density at radius 1 is 1.33 bits per heavy atom. The Morgan fingerprint density at radius 3 is 2.48 bits per heavy atom. The molecule has 0 atom stereocenters.